The first kappa shape index (κ1) is 28.0. The zero-order valence-electron chi connectivity index (χ0n) is 25.7. The van der Waals surface area contributed by atoms with E-state index in [1.165, 1.54) is 51.4 Å². The number of aliphatic carboxylic acids is 1. The lowest BCUT2D eigenvalue weighted by Gasteiger charge is -2.73. The van der Waals surface area contributed by atoms with E-state index in [1.54, 1.807) is 0 Å². The van der Waals surface area contributed by atoms with E-state index in [2.05, 4.69) is 48.5 Å². The quantitative estimate of drug-likeness (QED) is 0.369. The molecule has 5 heteroatoms. The van der Waals surface area contributed by atoms with Crippen molar-refractivity contribution in [1.29, 1.82) is 0 Å². The highest BCUT2D eigenvalue weighted by Gasteiger charge is 2.72. The standard InChI is InChI=1S/C34H54O5/c1-29(2)16-18-34-19-17-32(6)21(27(34)28(29)38-20-34)8-9-23-31(5)14-13-24(39-26(37)11-10-25(35)36)30(3,4)22(31)12-15-33(23,32)7/h21-24,27-28H,8-20H2,1-7H3,(H,35,36)/t21-,22-,23+,24-,27-,28+,31-,32+,33+,34+/m0/s1. The molecule has 0 radical (unpaired) electrons. The Morgan fingerprint density at radius 3 is 2.23 bits per heavy atom. The van der Waals surface area contributed by atoms with Crippen LogP contribution in [0.5, 0.6) is 0 Å². The van der Waals surface area contributed by atoms with E-state index in [4.69, 9.17) is 14.6 Å². The third-order valence-electron chi connectivity index (χ3n) is 14.9. The molecule has 6 rings (SSSR count). The van der Waals surface area contributed by atoms with Gasteiger partial charge in [0.15, 0.2) is 0 Å². The van der Waals surface area contributed by atoms with Crippen LogP contribution in [0.4, 0.5) is 0 Å². The summed E-state index contributed by atoms with van der Waals surface area (Å²) in [6, 6.07) is 0. The first-order chi connectivity index (χ1) is 18.1. The van der Waals surface area contributed by atoms with Crippen molar-refractivity contribution < 1.29 is 24.2 Å². The smallest absolute Gasteiger partial charge is 0.306 e. The summed E-state index contributed by atoms with van der Waals surface area (Å²) in [6.45, 7) is 18.6. The van der Waals surface area contributed by atoms with Crippen LogP contribution < -0.4 is 0 Å². The van der Waals surface area contributed by atoms with Crippen molar-refractivity contribution in [3.8, 4) is 0 Å². The van der Waals surface area contributed by atoms with Crippen LogP contribution in [0.1, 0.15) is 126 Å². The number of carbonyl (C=O) groups is 2. The van der Waals surface area contributed by atoms with Gasteiger partial charge < -0.3 is 14.6 Å². The van der Waals surface area contributed by atoms with Gasteiger partial charge in [-0.25, -0.2) is 0 Å². The molecule has 1 N–H and O–H groups in total. The predicted octanol–water partition coefficient (Wildman–Crippen LogP) is 7.65. The van der Waals surface area contributed by atoms with Crippen molar-refractivity contribution in [2.75, 3.05) is 6.61 Å². The van der Waals surface area contributed by atoms with E-state index in [0.717, 1.165) is 31.3 Å². The van der Waals surface area contributed by atoms with Crippen molar-refractivity contribution in [3.63, 3.8) is 0 Å². The van der Waals surface area contributed by atoms with E-state index in [9.17, 15) is 9.59 Å². The zero-order valence-corrected chi connectivity index (χ0v) is 25.7. The van der Waals surface area contributed by atoms with Gasteiger partial charge in [0.2, 0.25) is 0 Å². The summed E-state index contributed by atoms with van der Waals surface area (Å²) in [5.41, 5.74) is 1.52. The normalized spacial score (nSPS) is 51.1. The second kappa shape index (κ2) is 8.71. The molecule has 1 heterocycles. The van der Waals surface area contributed by atoms with Crippen LogP contribution in [0, 0.1) is 56.2 Å². The van der Waals surface area contributed by atoms with Gasteiger partial charge in [0.05, 0.1) is 25.6 Å². The molecule has 1 saturated heterocycles. The van der Waals surface area contributed by atoms with Crippen LogP contribution >= 0.6 is 0 Å². The molecule has 2 bridgehead atoms. The summed E-state index contributed by atoms with van der Waals surface area (Å²) >= 11 is 0. The molecule has 220 valence electrons. The molecule has 5 nitrogen and oxygen atoms in total. The molecule has 39 heavy (non-hydrogen) atoms. The van der Waals surface area contributed by atoms with Crippen molar-refractivity contribution in [3.05, 3.63) is 0 Å². The van der Waals surface area contributed by atoms with Gasteiger partial charge in [-0.3, -0.25) is 9.59 Å². The highest BCUT2D eigenvalue weighted by atomic mass is 16.5. The highest BCUT2D eigenvalue weighted by Crippen LogP contribution is 2.78. The monoisotopic (exact) mass is 542 g/mol. The molecule has 0 aromatic heterocycles. The Hall–Kier alpha value is -1.10. The Labute approximate surface area is 236 Å². The Bertz CT molecular complexity index is 1030. The molecule has 0 aromatic rings. The second-order valence-corrected chi connectivity index (χ2v) is 17.0. The number of rotatable bonds is 4. The van der Waals surface area contributed by atoms with Gasteiger partial charge in [-0.15, -0.1) is 0 Å². The fourth-order valence-corrected chi connectivity index (χ4v) is 12.6. The van der Waals surface area contributed by atoms with Crippen LogP contribution in [0.2, 0.25) is 0 Å². The fraction of sp³-hybridized carbons (Fsp3) is 0.941. The molecule has 0 spiro atoms. The first-order valence-electron chi connectivity index (χ1n) is 16.1. The average Bonchev–Trinajstić information content (AvgIpc) is 3.19. The lowest BCUT2D eigenvalue weighted by atomic mass is 9.31. The molecule has 5 aliphatic carbocycles. The number of carboxylic acid groups (broad SMARTS) is 1. The maximum atomic E-state index is 12.5. The number of fused-ring (bicyclic) bond motifs is 5. The van der Waals surface area contributed by atoms with E-state index in [-0.39, 0.29) is 41.2 Å². The van der Waals surface area contributed by atoms with E-state index >= 15 is 0 Å². The average molecular weight is 543 g/mol. The topological polar surface area (TPSA) is 72.8 Å². The van der Waals surface area contributed by atoms with Crippen molar-refractivity contribution in [2.24, 2.45) is 56.2 Å². The van der Waals surface area contributed by atoms with Gasteiger partial charge in [0.25, 0.3) is 0 Å². The van der Waals surface area contributed by atoms with Gasteiger partial charge in [0, 0.05) is 5.41 Å². The van der Waals surface area contributed by atoms with E-state index in [0.29, 0.717) is 34.2 Å². The van der Waals surface area contributed by atoms with Crippen LogP contribution in [0.3, 0.4) is 0 Å². The van der Waals surface area contributed by atoms with Crippen LogP contribution in [0.15, 0.2) is 0 Å². The van der Waals surface area contributed by atoms with E-state index < -0.39 is 5.97 Å². The minimum atomic E-state index is -0.942. The maximum absolute atomic E-state index is 12.5. The molecule has 5 saturated carbocycles. The molecule has 0 amide bonds. The predicted molar refractivity (Wildman–Crippen MR) is 151 cm³/mol. The number of carboxylic acids is 1. The third-order valence-corrected chi connectivity index (χ3v) is 14.9. The molecule has 6 fully saturated rings. The van der Waals surface area contributed by atoms with Crippen LogP contribution in [0.25, 0.3) is 0 Å². The number of ether oxygens (including phenoxy) is 2. The first-order valence-corrected chi connectivity index (χ1v) is 16.1. The lowest BCUT2D eigenvalue weighted by molar-refractivity contribution is -0.254. The van der Waals surface area contributed by atoms with E-state index in [1.807, 2.05) is 0 Å². The largest absolute Gasteiger partial charge is 0.481 e. The molecule has 6 aliphatic rings. The second-order valence-electron chi connectivity index (χ2n) is 17.0. The number of hydrogen-bond donors (Lipinski definition) is 1. The molecular formula is C34H54O5. The Morgan fingerprint density at radius 1 is 0.795 bits per heavy atom. The lowest BCUT2D eigenvalue weighted by Crippen LogP contribution is -2.67. The van der Waals surface area contributed by atoms with Crippen molar-refractivity contribution >= 4 is 11.9 Å². The number of hydrogen-bond acceptors (Lipinski definition) is 4. The summed E-state index contributed by atoms with van der Waals surface area (Å²) in [5, 5.41) is 9.00. The molecule has 0 aromatic carbocycles. The SMILES string of the molecule is CC1(C)CC[C@]23CC[C@]4(C)[C@@H](CC[C@@H]5[C@@]6(C)CC[C@H](OC(=O)CCC(=O)O)C(C)(C)[C@@H]6CC[C@]54C)[C@H]2[C@H]1OC3. The number of carbonyl (C=O) groups excluding carboxylic acids is 1. The highest BCUT2D eigenvalue weighted by molar-refractivity contribution is 5.76. The summed E-state index contributed by atoms with van der Waals surface area (Å²) in [7, 11) is 0. The van der Waals surface area contributed by atoms with Gasteiger partial charge >= 0.3 is 11.9 Å². The molecule has 0 unspecified atom stereocenters. The van der Waals surface area contributed by atoms with Gasteiger partial charge in [-0.2, -0.15) is 0 Å². The third kappa shape index (κ3) is 3.72. The van der Waals surface area contributed by atoms with Gasteiger partial charge in [-0.05, 0) is 115 Å². The van der Waals surface area contributed by atoms with Crippen molar-refractivity contribution in [2.45, 2.75) is 138 Å². The van der Waals surface area contributed by atoms with Gasteiger partial charge in [-0.1, -0.05) is 48.5 Å². The summed E-state index contributed by atoms with van der Waals surface area (Å²) in [6.07, 6.45) is 12.6. The summed E-state index contributed by atoms with van der Waals surface area (Å²) in [4.78, 5) is 23.5. The maximum Gasteiger partial charge on any atom is 0.306 e. The molecular weight excluding hydrogens is 488 g/mol. The van der Waals surface area contributed by atoms with Crippen molar-refractivity contribution in [1.82, 2.24) is 0 Å². The summed E-state index contributed by atoms with van der Waals surface area (Å²) < 4.78 is 12.7. The minimum absolute atomic E-state index is 0.0333. The molecule has 1 aliphatic heterocycles. The fourth-order valence-electron chi connectivity index (χ4n) is 12.6. The Balaban J connectivity index is 1.27. The minimum Gasteiger partial charge on any atom is -0.481 e. The number of esters is 1. The Kier molecular flexibility index (Phi) is 6.26. The van der Waals surface area contributed by atoms with Crippen LogP contribution in [-0.2, 0) is 19.1 Å². The Morgan fingerprint density at radius 2 is 1.51 bits per heavy atom. The zero-order chi connectivity index (χ0) is 28.2. The van der Waals surface area contributed by atoms with Crippen LogP contribution in [-0.4, -0.2) is 35.9 Å². The molecule has 10 atom stereocenters. The van der Waals surface area contributed by atoms with Gasteiger partial charge in [0.1, 0.15) is 6.10 Å². The summed E-state index contributed by atoms with van der Waals surface area (Å²) in [5.74, 6) is 1.40.